The van der Waals surface area contributed by atoms with Crippen molar-refractivity contribution in [3.8, 4) is 11.8 Å². The zero-order valence-electron chi connectivity index (χ0n) is 10.6. The number of carboxylic acid groups (broad SMARTS) is 1. The standard InChI is InChI=1S/C15H8FN3O2/c16-11-5-9(7-17)1-4-13(11)19-8-18-12-3-2-10(15(20)21)6-14(12)19/h1-6,8H,(H,20,21). The SMILES string of the molecule is N#Cc1ccc(-n2cnc3ccc(C(=O)O)cc32)c(F)c1. The average Bonchev–Trinajstić information content (AvgIpc) is 2.89. The van der Waals surface area contributed by atoms with Crippen LogP contribution < -0.4 is 0 Å². The molecule has 0 saturated heterocycles. The number of benzene rings is 2. The van der Waals surface area contributed by atoms with E-state index >= 15 is 0 Å². The third kappa shape index (κ3) is 2.11. The van der Waals surface area contributed by atoms with E-state index in [1.165, 1.54) is 35.2 Å². The second-order valence-corrected chi connectivity index (χ2v) is 4.40. The number of halogens is 1. The molecule has 0 aliphatic rings. The second kappa shape index (κ2) is 4.72. The Labute approximate surface area is 118 Å². The number of fused-ring (bicyclic) bond motifs is 1. The number of aromatic carboxylic acids is 1. The van der Waals surface area contributed by atoms with Gasteiger partial charge in [0.2, 0.25) is 0 Å². The first-order valence-corrected chi connectivity index (χ1v) is 6.00. The van der Waals surface area contributed by atoms with Crippen LogP contribution in [0.5, 0.6) is 0 Å². The molecule has 3 aromatic rings. The third-order valence-electron chi connectivity index (χ3n) is 3.13. The number of carboxylic acids is 1. The van der Waals surface area contributed by atoms with Gasteiger partial charge in [-0.25, -0.2) is 14.2 Å². The maximum Gasteiger partial charge on any atom is 0.335 e. The van der Waals surface area contributed by atoms with Crippen LogP contribution in [0.4, 0.5) is 4.39 Å². The van der Waals surface area contributed by atoms with Crippen molar-refractivity contribution in [3.63, 3.8) is 0 Å². The first-order valence-electron chi connectivity index (χ1n) is 6.00. The highest BCUT2D eigenvalue weighted by Crippen LogP contribution is 2.22. The quantitative estimate of drug-likeness (QED) is 0.783. The summed E-state index contributed by atoms with van der Waals surface area (Å²) in [7, 11) is 0. The second-order valence-electron chi connectivity index (χ2n) is 4.40. The molecule has 0 radical (unpaired) electrons. The smallest absolute Gasteiger partial charge is 0.335 e. The Balaban J connectivity index is 2.23. The minimum absolute atomic E-state index is 0.0957. The van der Waals surface area contributed by atoms with Gasteiger partial charge >= 0.3 is 5.97 Å². The Morgan fingerprint density at radius 1 is 1.29 bits per heavy atom. The summed E-state index contributed by atoms with van der Waals surface area (Å²) in [6, 6.07) is 10.4. The van der Waals surface area contributed by atoms with E-state index in [0.717, 1.165) is 6.07 Å². The van der Waals surface area contributed by atoms with E-state index < -0.39 is 11.8 Å². The lowest BCUT2D eigenvalue weighted by Crippen LogP contribution is -1.99. The van der Waals surface area contributed by atoms with Gasteiger partial charge in [0.05, 0.1) is 33.9 Å². The summed E-state index contributed by atoms with van der Waals surface area (Å²) in [5.41, 5.74) is 1.56. The molecule has 0 aliphatic carbocycles. The normalized spacial score (nSPS) is 10.5. The molecule has 1 heterocycles. The summed E-state index contributed by atoms with van der Waals surface area (Å²) < 4.78 is 15.5. The Kier molecular flexibility index (Phi) is 2.88. The first-order chi connectivity index (χ1) is 10.1. The van der Waals surface area contributed by atoms with E-state index in [9.17, 15) is 9.18 Å². The highest BCUT2D eigenvalue weighted by atomic mass is 19.1. The van der Waals surface area contributed by atoms with Crippen LogP contribution in [-0.2, 0) is 0 Å². The number of nitriles is 1. The Bertz CT molecular complexity index is 909. The summed E-state index contributed by atoms with van der Waals surface area (Å²) in [6.45, 7) is 0. The summed E-state index contributed by atoms with van der Waals surface area (Å²) in [6.07, 6.45) is 1.42. The van der Waals surface area contributed by atoms with Gasteiger partial charge in [0.1, 0.15) is 12.1 Å². The molecule has 1 aromatic heterocycles. The maximum absolute atomic E-state index is 14.1. The zero-order chi connectivity index (χ0) is 15.0. The molecule has 0 bridgehead atoms. The van der Waals surface area contributed by atoms with Crippen LogP contribution >= 0.6 is 0 Å². The van der Waals surface area contributed by atoms with Crippen molar-refractivity contribution in [2.75, 3.05) is 0 Å². The molecule has 0 aliphatic heterocycles. The molecular weight excluding hydrogens is 273 g/mol. The maximum atomic E-state index is 14.1. The van der Waals surface area contributed by atoms with Gasteiger partial charge in [-0.3, -0.25) is 4.57 Å². The molecule has 0 saturated carbocycles. The molecule has 0 atom stereocenters. The van der Waals surface area contributed by atoms with Crippen LogP contribution in [0, 0.1) is 17.1 Å². The van der Waals surface area contributed by atoms with E-state index in [1.54, 1.807) is 6.07 Å². The Morgan fingerprint density at radius 3 is 2.76 bits per heavy atom. The highest BCUT2D eigenvalue weighted by molar-refractivity contribution is 5.92. The fourth-order valence-corrected chi connectivity index (χ4v) is 2.10. The number of hydrogen-bond acceptors (Lipinski definition) is 3. The number of hydrogen-bond donors (Lipinski definition) is 1. The van der Waals surface area contributed by atoms with Crippen molar-refractivity contribution in [3.05, 3.63) is 59.7 Å². The van der Waals surface area contributed by atoms with Crippen molar-refractivity contribution in [1.82, 2.24) is 9.55 Å². The molecule has 21 heavy (non-hydrogen) atoms. The van der Waals surface area contributed by atoms with Gasteiger partial charge in [-0.1, -0.05) is 0 Å². The van der Waals surface area contributed by atoms with Gasteiger partial charge in [-0.15, -0.1) is 0 Å². The zero-order valence-corrected chi connectivity index (χ0v) is 10.6. The average molecular weight is 281 g/mol. The molecular formula is C15H8FN3O2. The van der Waals surface area contributed by atoms with Crippen LogP contribution in [0.25, 0.3) is 16.7 Å². The van der Waals surface area contributed by atoms with E-state index in [-0.39, 0.29) is 16.8 Å². The van der Waals surface area contributed by atoms with E-state index in [1.807, 2.05) is 6.07 Å². The summed E-state index contributed by atoms with van der Waals surface area (Å²) in [4.78, 5) is 15.1. The molecule has 0 spiro atoms. The molecule has 0 amide bonds. The first kappa shape index (κ1) is 12.8. The van der Waals surface area contributed by atoms with Crippen LogP contribution in [-0.4, -0.2) is 20.6 Å². The van der Waals surface area contributed by atoms with Crippen molar-refractivity contribution in [2.24, 2.45) is 0 Å². The van der Waals surface area contributed by atoms with Gasteiger partial charge < -0.3 is 5.11 Å². The lowest BCUT2D eigenvalue weighted by Gasteiger charge is -2.06. The summed E-state index contributed by atoms with van der Waals surface area (Å²) in [5, 5.41) is 17.8. The lowest BCUT2D eigenvalue weighted by atomic mass is 10.2. The predicted octanol–water partition coefficient (Wildman–Crippen LogP) is 2.73. The number of rotatable bonds is 2. The fraction of sp³-hybridized carbons (Fsp3) is 0. The molecule has 3 rings (SSSR count). The van der Waals surface area contributed by atoms with Gasteiger partial charge in [0, 0.05) is 0 Å². The largest absolute Gasteiger partial charge is 0.478 e. The van der Waals surface area contributed by atoms with Crippen LogP contribution in [0.2, 0.25) is 0 Å². The highest BCUT2D eigenvalue weighted by Gasteiger charge is 2.12. The lowest BCUT2D eigenvalue weighted by molar-refractivity contribution is 0.0697. The fourth-order valence-electron chi connectivity index (χ4n) is 2.10. The number of imidazole rings is 1. The topological polar surface area (TPSA) is 78.9 Å². The van der Waals surface area contributed by atoms with Crippen LogP contribution in [0.3, 0.4) is 0 Å². The Hall–Kier alpha value is -3.20. The minimum Gasteiger partial charge on any atom is -0.478 e. The molecule has 6 heteroatoms. The van der Waals surface area contributed by atoms with E-state index in [0.29, 0.717) is 11.0 Å². The molecule has 102 valence electrons. The molecule has 0 unspecified atom stereocenters. The predicted molar refractivity (Wildman–Crippen MR) is 72.7 cm³/mol. The van der Waals surface area contributed by atoms with Crippen molar-refractivity contribution >= 4 is 17.0 Å². The summed E-state index contributed by atoms with van der Waals surface area (Å²) in [5.74, 6) is -1.64. The van der Waals surface area contributed by atoms with Crippen molar-refractivity contribution in [1.29, 1.82) is 5.26 Å². The molecule has 2 aromatic carbocycles. The van der Waals surface area contributed by atoms with Gasteiger partial charge in [0.25, 0.3) is 0 Å². The van der Waals surface area contributed by atoms with Crippen LogP contribution in [0.1, 0.15) is 15.9 Å². The van der Waals surface area contributed by atoms with Crippen molar-refractivity contribution in [2.45, 2.75) is 0 Å². The number of aromatic nitrogens is 2. The number of nitrogens with zero attached hydrogens (tertiary/aromatic N) is 3. The van der Waals surface area contributed by atoms with Gasteiger partial charge in [-0.05, 0) is 36.4 Å². The molecule has 1 N–H and O–H groups in total. The van der Waals surface area contributed by atoms with Gasteiger partial charge in [0.15, 0.2) is 0 Å². The monoisotopic (exact) mass is 281 g/mol. The minimum atomic E-state index is -1.06. The van der Waals surface area contributed by atoms with E-state index in [4.69, 9.17) is 10.4 Å². The summed E-state index contributed by atoms with van der Waals surface area (Å²) >= 11 is 0. The molecule has 5 nitrogen and oxygen atoms in total. The third-order valence-corrected chi connectivity index (χ3v) is 3.13. The Morgan fingerprint density at radius 2 is 2.10 bits per heavy atom. The van der Waals surface area contributed by atoms with E-state index in [2.05, 4.69) is 4.98 Å². The van der Waals surface area contributed by atoms with Crippen molar-refractivity contribution < 1.29 is 14.3 Å². The van der Waals surface area contributed by atoms with Crippen LogP contribution in [0.15, 0.2) is 42.7 Å². The van der Waals surface area contributed by atoms with Gasteiger partial charge in [-0.2, -0.15) is 5.26 Å². The molecule has 0 fully saturated rings. The number of carbonyl (C=O) groups is 1.